The monoisotopic (exact) mass is 490 g/mol. The summed E-state index contributed by atoms with van der Waals surface area (Å²) in [5.74, 6) is -0.138. The van der Waals surface area contributed by atoms with Gasteiger partial charge >= 0.3 is 0 Å². The van der Waals surface area contributed by atoms with E-state index in [1.165, 1.54) is 0 Å². The van der Waals surface area contributed by atoms with E-state index in [0.29, 0.717) is 10.6 Å². The fourth-order valence-corrected chi connectivity index (χ4v) is 6.41. The van der Waals surface area contributed by atoms with Crippen LogP contribution < -0.4 is 16.0 Å². The molecule has 0 unspecified atom stereocenters. The lowest BCUT2D eigenvalue weighted by Gasteiger charge is -2.27. The SMILES string of the molecule is CC(C)(C)c1cc(C=NNC(=O)CP(=O)(c2ccccc2)c2ccccc2)cc(C(C)(C)C)c1O. The van der Waals surface area contributed by atoms with E-state index in [1.54, 1.807) is 30.5 Å². The molecule has 0 aliphatic heterocycles. The molecule has 0 saturated carbocycles. The van der Waals surface area contributed by atoms with Gasteiger partial charge in [0.15, 0.2) is 7.14 Å². The van der Waals surface area contributed by atoms with Crippen LogP contribution in [0.3, 0.4) is 0 Å². The first-order chi connectivity index (χ1) is 16.3. The van der Waals surface area contributed by atoms with Crippen molar-refractivity contribution < 1.29 is 14.5 Å². The zero-order valence-corrected chi connectivity index (χ0v) is 22.3. The summed E-state index contributed by atoms with van der Waals surface area (Å²) in [5.41, 5.74) is 4.42. The summed E-state index contributed by atoms with van der Waals surface area (Å²) in [5, 5.41) is 16.3. The number of phenols is 1. The van der Waals surface area contributed by atoms with Crippen molar-refractivity contribution in [3.8, 4) is 5.75 Å². The summed E-state index contributed by atoms with van der Waals surface area (Å²) in [4.78, 5) is 12.9. The third kappa shape index (κ3) is 6.29. The smallest absolute Gasteiger partial charge is 0.248 e. The molecule has 3 aromatic rings. The van der Waals surface area contributed by atoms with Gasteiger partial charge in [0.05, 0.1) is 12.4 Å². The zero-order chi connectivity index (χ0) is 25.9. The summed E-state index contributed by atoms with van der Waals surface area (Å²) in [6.45, 7) is 12.3. The van der Waals surface area contributed by atoms with Gasteiger partial charge in [0.25, 0.3) is 0 Å². The minimum absolute atomic E-state index is 0.186. The van der Waals surface area contributed by atoms with E-state index in [0.717, 1.165) is 16.7 Å². The number of aromatic hydroxyl groups is 1. The van der Waals surface area contributed by atoms with Crippen LogP contribution in [0.1, 0.15) is 58.2 Å². The number of hydrogen-bond acceptors (Lipinski definition) is 4. The number of hydrazone groups is 1. The van der Waals surface area contributed by atoms with E-state index in [1.807, 2.05) is 90.1 Å². The molecule has 5 nitrogen and oxygen atoms in total. The van der Waals surface area contributed by atoms with E-state index >= 15 is 0 Å². The number of hydrogen-bond donors (Lipinski definition) is 2. The van der Waals surface area contributed by atoms with E-state index in [2.05, 4.69) is 10.5 Å². The molecule has 184 valence electrons. The van der Waals surface area contributed by atoms with Gasteiger partial charge in [-0.1, -0.05) is 102 Å². The van der Waals surface area contributed by atoms with Crippen LogP contribution in [-0.4, -0.2) is 23.4 Å². The van der Waals surface area contributed by atoms with Crippen molar-refractivity contribution in [3.63, 3.8) is 0 Å². The molecule has 0 saturated heterocycles. The first-order valence-corrected chi connectivity index (χ1v) is 13.6. The van der Waals surface area contributed by atoms with Gasteiger partial charge in [-0.2, -0.15) is 5.10 Å². The summed E-state index contributed by atoms with van der Waals surface area (Å²) in [7, 11) is -3.18. The molecule has 0 bridgehead atoms. The highest BCUT2D eigenvalue weighted by atomic mass is 31.2. The Morgan fingerprint density at radius 3 is 1.69 bits per heavy atom. The first-order valence-electron chi connectivity index (χ1n) is 11.7. The maximum atomic E-state index is 14.1. The van der Waals surface area contributed by atoms with Crippen LogP contribution in [-0.2, 0) is 20.2 Å². The second-order valence-corrected chi connectivity index (χ2v) is 13.7. The molecule has 35 heavy (non-hydrogen) atoms. The number of benzene rings is 3. The van der Waals surface area contributed by atoms with Gasteiger partial charge in [-0.25, -0.2) is 5.43 Å². The fourth-order valence-electron chi connectivity index (χ4n) is 3.96. The molecule has 0 fully saturated rings. The Hall–Kier alpha value is -3.17. The number of carbonyl (C=O) groups excluding carboxylic acids is 1. The van der Waals surface area contributed by atoms with E-state index in [9.17, 15) is 14.5 Å². The van der Waals surface area contributed by atoms with Crippen molar-refractivity contribution in [2.24, 2.45) is 5.10 Å². The van der Waals surface area contributed by atoms with Crippen molar-refractivity contribution in [1.29, 1.82) is 0 Å². The zero-order valence-electron chi connectivity index (χ0n) is 21.4. The molecule has 1 amide bonds. The van der Waals surface area contributed by atoms with Crippen molar-refractivity contribution in [2.75, 3.05) is 6.16 Å². The third-order valence-corrected chi connectivity index (χ3v) is 8.86. The van der Waals surface area contributed by atoms with Crippen LogP contribution in [0.15, 0.2) is 77.9 Å². The van der Waals surface area contributed by atoms with E-state index < -0.39 is 13.0 Å². The second-order valence-electron chi connectivity index (χ2n) is 10.8. The van der Waals surface area contributed by atoms with Gasteiger partial charge < -0.3 is 9.67 Å². The average Bonchev–Trinajstić information content (AvgIpc) is 2.79. The van der Waals surface area contributed by atoms with Crippen molar-refractivity contribution >= 4 is 29.9 Å². The van der Waals surface area contributed by atoms with Gasteiger partial charge in [-0.05, 0) is 28.5 Å². The summed E-state index contributed by atoms with van der Waals surface area (Å²) >= 11 is 0. The molecule has 0 spiro atoms. The first kappa shape index (κ1) is 26.4. The molecule has 2 N–H and O–H groups in total. The predicted molar refractivity (Wildman–Crippen MR) is 146 cm³/mol. The van der Waals surface area contributed by atoms with E-state index in [-0.39, 0.29) is 22.7 Å². The molecular weight excluding hydrogens is 455 g/mol. The molecule has 3 aromatic carbocycles. The maximum Gasteiger partial charge on any atom is 0.248 e. The molecule has 0 aliphatic carbocycles. The lowest BCUT2D eigenvalue weighted by Crippen LogP contribution is -2.28. The molecule has 0 aromatic heterocycles. The lowest BCUT2D eigenvalue weighted by atomic mass is 9.78. The molecule has 0 radical (unpaired) electrons. The standard InChI is InChI=1S/C29H35N2O3P/c1-28(2,3)24-17-21(18-25(27(24)33)29(4,5)6)19-30-31-26(32)20-35(34,22-13-9-7-10-14-22)23-15-11-8-12-16-23/h7-19,33H,20H2,1-6H3,(H,31,32). The number of nitrogens with one attached hydrogen (secondary N) is 1. The molecular formula is C29H35N2O3P. The van der Waals surface area contributed by atoms with Gasteiger partial charge in [0.2, 0.25) is 5.91 Å². The van der Waals surface area contributed by atoms with Crippen LogP contribution in [0.2, 0.25) is 0 Å². The molecule has 6 heteroatoms. The third-order valence-electron chi connectivity index (χ3n) is 5.86. The van der Waals surface area contributed by atoms with Crippen molar-refractivity contribution in [1.82, 2.24) is 5.43 Å². The highest BCUT2D eigenvalue weighted by Gasteiger charge is 2.30. The van der Waals surface area contributed by atoms with Gasteiger partial charge in [-0.3, -0.25) is 4.79 Å². The van der Waals surface area contributed by atoms with E-state index in [4.69, 9.17) is 0 Å². The van der Waals surface area contributed by atoms with Crippen LogP contribution in [0.4, 0.5) is 0 Å². The Morgan fingerprint density at radius 2 is 1.29 bits per heavy atom. The van der Waals surface area contributed by atoms with Gasteiger partial charge in [0, 0.05) is 21.7 Å². The Balaban J connectivity index is 1.87. The molecule has 0 heterocycles. The fraction of sp³-hybridized carbons (Fsp3) is 0.310. The summed E-state index contributed by atoms with van der Waals surface area (Å²) < 4.78 is 14.1. The van der Waals surface area contributed by atoms with Crippen molar-refractivity contribution in [3.05, 3.63) is 89.5 Å². The highest BCUT2D eigenvalue weighted by molar-refractivity contribution is 7.79. The normalized spacial score (nSPS) is 12.6. The molecule has 3 rings (SSSR count). The lowest BCUT2D eigenvalue weighted by molar-refractivity contribution is -0.118. The topological polar surface area (TPSA) is 78.8 Å². The number of amides is 1. The predicted octanol–water partition coefficient (Wildman–Crippen LogP) is 5.45. The number of carbonyl (C=O) groups is 1. The minimum Gasteiger partial charge on any atom is -0.507 e. The average molecular weight is 491 g/mol. The number of phenolic OH excluding ortho intramolecular Hbond substituents is 1. The summed E-state index contributed by atoms with van der Waals surface area (Å²) in [6, 6.07) is 22.0. The Morgan fingerprint density at radius 1 is 0.857 bits per heavy atom. The molecule has 0 atom stereocenters. The second kappa shape index (κ2) is 10.2. The minimum atomic E-state index is -3.18. The largest absolute Gasteiger partial charge is 0.507 e. The Kier molecular flexibility index (Phi) is 7.71. The van der Waals surface area contributed by atoms with Crippen molar-refractivity contribution in [2.45, 2.75) is 52.4 Å². The number of nitrogens with zero attached hydrogens (tertiary/aromatic N) is 1. The highest BCUT2D eigenvalue weighted by Crippen LogP contribution is 2.43. The molecule has 0 aliphatic rings. The number of rotatable bonds is 6. The summed E-state index contributed by atoms with van der Waals surface area (Å²) in [6.07, 6.45) is 1.38. The Bertz CT molecular complexity index is 1180. The van der Waals surface area contributed by atoms with Gasteiger partial charge in [0.1, 0.15) is 5.75 Å². The van der Waals surface area contributed by atoms with Crippen LogP contribution in [0.5, 0.6) is 5.75 Å². The maximum absolute atomic E-state index is 14.1. The van der Waals surface area contributed by atoms with Crippen LogP contribution >= 0.6 is 7.14 Å². The quantitative estimate of drug-likeness (QED) is 0.274. The van der Waals surface area contributed by atoms with Crippen LogP contribution in [0.25, 0.3) is 0 Å². The Labute approximate surface area is 208 Å². The van der Waals surface area contributed by atoms with Crippen LogP contribution in [0, 0.1) is 0 Å². The van der Waals surface area contributed by atoms with Gasteiger partial charge in [-0.15, -0.1) is 0 Å².